The number of nitrogens with zero attached hydrogens (tertiary/aromatic N) is 2. The first-order valence-electron chi connectivity index (χ1n) is 8.56. The van der Waals surface area contributed by atoms with Gasteiger partial charge in [-0.05, 0) is 19.4 Å². The Balaban J connectivity index is 1.47. The molecule has 0 atom stereocenters. The summed E-state index contributed by atoms with van der Waals surface area (Å²) in [6, 6.07) is 8.18. The van der Waals surface area contributed by atoms with Gasteiger partial charge in [0.25, 0.3) is 5.56 Å². The molecule has 136 valence electrons. The predicted octanol–water partition coefficient (Wildman–Crippen LogP) is 3.05. The van der Waals surface area contributed by atoms with Crippen molar-refractivity contribution in [2.24, 2.45) is 0 Å². The molecule has 7 heteroatoms. The fourth-order valence-corrected chi connectivity index (χ4v) is 3.38. The number of anilines is 1. The van der Waals surface area contributed by atoms with E-state index in [9.17, 15) is 4.79 Å². The van der Waals surface area contributed by atoms with Gasteiger partial charge in [-0.2, -0.15) is 11.8 Å². The molecule has 0 aliphatic carbocycles. The Morgan fingerprint density at radius 1 is 1.15 bits per heavy atom. The van der Waals surface area contributed by atoms with Crippen molar-refractivity contribution in [2.45, 2.75) is 26.0 Å². The SMILES string of the molecule is Cc1ccc(Cc2cnc(NCCSCc3nc[nH]c3C)[nH]c2=O)cc1. The van der Waals surface area contributed by atoms with Crippen LogP contribution in [0.1, 0.15) is 28.1 Å². The number of imidazole rings is 1. The lowest BCUT2D eigenvalue weighted by Gasteiger charge is -2.06. The number of aryl methyl sites for hydroxylation is 2. The van der Waals surface area contributed by atoms with Gasteiger partial charge in [0, 0.05) is 41.9 Å². The molecule has 0 amide bonds. The molecular formula is C19H23N5OS. The van der Waals surface area contributed by atoms with Gasteiger partial charge in [-0.25, -0.2) is 9.97 Å². The van der Waals surface area contributed by atoms with Crippen molar-refractivity contribution in [3.8, 4) is 0 Å². The molecular weight excluding hydrogens is 346 g/mol. The first kappa shape index (κ1) is 18.3. The molecule has 26 heavy (non-hydrogen) atoms. The fraction of sp³-hybridized carbons (Fsp3) is 0.316. The van der Waals surface area contributed by atoms with Crippen molar-refractivity contribution in [2.75, 3.05) is 17.6 Å². The molecule has 0 aliphatic heterocycles. The molecule has 0 saturated heterocycles. The highest BCUT2D eigenvalue weighted by molar-refractivity contribution is 7.98. The number of rotatable bonds is 8. The van der Waals surface area contributed by atoms with Gasteiger partial charge in [-0.3, -0.25) is 9.78 Å². The van der Waals surface area contributed by atoms with Crippen LogP contribution in [0, 0.1) is 13.8 Å². The lowest BCUT2D eigenvalue weighted by molar-refractivity contribution is 1.01. The summed E-state index contributed by atoms with van der Waals surface area (Å²) in [4.78, 5) is 26.7. The lowest BCUT2D eigenvalue weighted by Crippen LogP contribution is -2.18. The average molecular weight is 369 g/mol. The molecule has 2 aromatic heterocycles. The summed E-state index contributed by atoms with van der Waals surface area (Å²) in [6.07, 6.45) is 3.96. The molecule has 3 N–H and O–H groups in total. The second-order valence-electron chi connectivity index (χ2n) is 6.20. The second-order valence-corrected chi connectivity index (χ2v) is 7.31. The molecule has 3 aromatic rings. The van der Waals surface area contributed by atoms with Crippen LogP contribution in [0.25, 0.3) is 0 Å². The monoisotopic (exact) mass is 369 g/mol. The third-order valence-electron chi connectivity index (χ3n) is 4.10. The molecule has 0 spiro atoms. The van der Waals surface area contributed by atoms with E-state index in [4.69, 9.17) is 0 Å². The normalized spacial score (nSPS) is 10.8. The number of hydrogen-bond donors (Lipinski definition) is 3. The van der Waals surface area contributed by atoms with Crippen molar-refractivity contribution in [1.82, 2.24) is 19.9 Å². The molecule has 2 heterocycles. The summed E-state index contributed by atoms with van der Waals surface area (Å²) in [5.74, 6) is 2.29. The minimum atomic E-state index is -0.0946. The third-order valence-corrected chi connectivity index (χ3v) is 5.07. The zero-order chi connectivity index (χ0) is 18.4. The largest absolute Gasteiger partial charge is 0.355 e. The summed E-state index contributed by atoms with van der Waals surface area (Å²) < 4.78 is 0. The summed E-state index contributed by atoms with van der Waals surface area (Å²) in [5.41, 5.74) is 5.09. The molecule has 0 fully saturated rings. The quantitative estimate of drug-likeness (QED) is 0.531. The molecule has 0 aliphatic rings. The van der Waals surface area contributed by atoms with Crippen LogP contribution in [0.2, 0.25) is 0 Å². The van der Waals surface area contributed by atoms with Gasteiger partial charge in [0.15, 0.2) is 0 Å². The predicted molar refractivity (Wildman–Crippen MR) is 107 cm³/mol. The Labute approximate surface area is 156 Å². The van der Waals surface area contributed by atoms with Crippen LogP contribution < -0.4 is 10.9 Å². The van der Waals surface area contributed by atoms with Crippen LogP contribution in [0.4, 0.5) is 5.95 Å². The Hall–Kier alpha value is -2.54. The van der Waals surface area contributed by atoms with E-state index in [1.54, 1.807) is 24.3 Å². The van der Waals surface area contributed by atoms with E-state index in [1.165, 1.54) is 5.56 Å². The summed E-state index contributed by atoms with van der Waals surface area (Å²) in [5, 5.41) is 3.16. The van der Waals surface area contributed by atoms with E-state index in [0.29, 0.717) is 17.9 Å². The van der Waals surface area contributed by atoms with Crippen LogP contribution in [0.5, 0.6) is 0 Å². The van der Waals surface area contributed by atoms with Gasteiger partial charge in [0.2, 0.25) is 5.95 Å². The molecule has 6 nitrogen and oxygen atoms in total. The zero-order valence-corrected chi connectivity index (χ0v) is 15.8. The first-order valence-corrected chi connectivity index (χ1v) is 9.71. The van der Waals surface area contributed by atoms with Gasteiger partial charge in [-0.15, -0.1) is 0 Å². The maximum absolute atomic E-state index is 12.2. The van der Waals surface area contributed by atoms with Crippen LogP contribution in [-0.2, 0) is 12.2 Å². The number of thioether (sulfide) groups is 1. The molecule has 1 aromatic carbocycles. The van der Waals surface area contributed by atoms with E-state index in [-0.39, 0.29) is 5.56 Å². The minimum absolute atomic E-state index is 0.0946. The maximum atomic E-state index is 12.2. The number of aromatic nitrogens is 4. The van der Waals surface area contributed by atoms with Crippen LogP contribution in [0.3, 0.4) is 0 Å². The molecule has 0 bridgehead atoms. The standard InChI is InChI=1S/C19H23N5OS/c1-13-3-5-15(6-4-13)9-16-10-21-19(24-18(16)25)20-7-8-26-11-17-14(2)22-12-23-17/h3-6,10,12H,7-9,11H2,1-2H3,(H,22,23)(H2,20,21,24,25). The molecule has 0 radical (unpaired) electrons. The topological polar surface area (TPSA) is 86.5 Å². The number of H-pyrrole nitrogens is 2. The zero-order valence-electron chi connectivity index (χ0n) is 15.0. The van der Waals surface area contributed by atoms with Crippen molar-refractivity contribution in [3.05, 3.63) is 75.2 Å². The van der Waals surface area contributed by atoms with Crippen LogP contribution in [0.15, 0.2) is 41.6 Å². The lowest BCUT2D eigenvalue weighted by atomic mass is 10.1. The van der Waals surface area contributed by atoms with Gasteiger partial charge >= 0.3 is 0 Å². The third kappa shape index (κ3) is 4.98. The number of nitrogens with one attached hydrogen (secondary N) is 3. The van der Waals surface area contributed by atoms with Crippen molar-refractivity contribution in [3.63, 3.8) is 0 Å². The second kappa shape index (κ2) is 8.71. The van der Waals surface area contributed by atoms with Gasteiger partial charge in [0.05, 0.1) is 12.0 Å². The Morgan fingerprint density at radius 2 is 1.96 bits per heavy atom. The highest BCUT2D eigenvalue weighted by Crippen LogP contribution is 2.12. The summed E-state index contributed by atoms with van der Waals surface area (Å²) >= 11 is 1.79. The minimum Gasteiger partial charge on any atom is -0.355 e. The number of aromatic amines is 2. The molecule has 3 rings (SSSR count). The molecule has 0 saturated carbocycles. The summed E-state index contributed by atoms with van der Waals surface area (Å²) in [7, 11) is 0. The van der Waals surface area contributed by atoms with Crippen LogP contribution in [-0.4, -0.2) is 32.2 Å². The Bertz CT molecular complexity index is 901. The highest BCUT2D eigenvalue weighted by Gasteiger charge is 2.05. The fourth-order valence-electron chi connectivity index (χ4n) is 2.51. The van der Waals surface area contributed by atoms with E-state index in [1.807, 2.05) is 26.0 Å². The smallest absolute Gasteiger partial charge is 0.255 e. The van der Waals surface area contributed by atoms with E-state index >= 15 is 0 Å². The highest BCUT2D eigenvalue weighted by atomic mass is 32.2. The van der Waals surface area contributed by atoms with E-state index in [0.717, 1.165) is 35.0 Å². The average Bonchev–Trinajstić information content (AvgIpc) is 3.04. The number of benzene rings is 1. The van der Waals surface area contributed by atoms with E-state index in [2.05, 4.69) is 37.4 Å². The van der Waals surface area contributed by atoms with Gasteiger partial charge < -0.3 is 10.3 Å². The Kier molecular flexibility index (Phi) is 6.12. The Morgan fingerprint density at radius 3 is 2.65 bits per heavy atom. The number of hydrogen-bond acceptors (Lipinski definition) is 5. The van der Waals surface area contributed by atoms with Crippen LogP contribution >= 0.6 is 11.8 Å². The first-order chi connectivity index (χ1) is 12.6. The van der Waals surface area contributed by atoms with Crippen molar-refractivity contribution in [1.29, 1.82) is 0 Å². The van der Waals surface area contributed by atoms with Gasteiger partial charge in [0.1, 0.15) is 0 Å². The van der Waals surface area contributed by atoms with Gasteiger partial charge in [-0.1, -0.05) is 29.8 Å². The summed E-state index contributed by atoms with van der Waals surface area (Å²) in [6.45, 7) is 4.80. The van der Waals surface area contributed by atoms with Crippen molar-refractivity contribution < 1.29 is 0 Å². The van der Waals surface area contributed by atoms with E-state index < -0.39 is 0 Å². The molecule has 0 unspecified atom stereocenters. The maximum Gasteiger partial charge on any atom is 0.255 e. The van der Waals surface area contributed by atoms with Crippen molar-refractivity contribution >= 4 is 17.7 Å².